The number of nitrogens with zero attached hydrogens (tertiary/aromatic N) is 4. The summed E-state index contributed by atoms with van der Waals surface area (Å²) in [6, 6.07) is 2.57. The number of carbonyl (C=O) groups excluding carboxylic acids is 1. The summed E-state index contributed by atoms with van der Waals surface area (Å²) in [5.74, 6) is -1.25. The molecule has 2 N–H and O–H groups in total. The largest absolute Gasteiger partial charge is 0.465 e. The molecular weight excluding hydrogens is 398 g/mol. The van der Waals surface area contributed by atoms with Crippen LogP contribution in [0.5, 0.6) is 0 Å². The number of hydrogen-bond acceptors (Lipinski definition) is 4. The molecule has 3 atom stereocenters. The summed E-state index contributed by atoms with van der Waals surface area (Å²) in [6.45, 7) is -0.0946. The number of halogens is 2. The monoisotopic (exact) mass is 418 g/mol. The average molecular weight is 418 g/mol. The first-order chi connectivity index (χ1) is 14.4. The number of carbonyl (C=O) groups is 2. The van der Waals surface area contributed by atoms with E-state index in [1.54, 1.807) is 0 Å². The van der Waals surface area contributed by atoms with Crippen LogP contribution in [0.25, 0.3) is 5.69 Å². The molecule has 1 aromatic carbocycles. The SMILES string of the molecule is O=C(O)N1CCN(C(=O)c2nn(-c3ccc(F)cc3F)c3c2C[C@H]2C[C@@H]32)C(CO)C1. The summed E-state index contributed by atoms with van der Waals surface area (Å²) in [4.78, 5) is 27.2. The summed E-state index contributed by atoms with van der Waals surface area (Å²) in [6.07, 6.45) is 0.520. The van der Waals surface area contributed by atoms with E-state index in [9.17, 15) is 28.6 Å². The second-order valence-electron chi connectivity index (χ2n) is 8.09. The van der Waals surface area contributed by atoms with Crippen molar-refractivity contribution in [2.45, 2.75) is 24.8 Å². The molecule has 0 radical (unpaired) electrons. The van der Waals surface area contributed by atoms with Gasteiger partial charge in [0.1, 0.15) is 11.5 Å². The third-order valence-corrected chi connectivity index (χ3v) is 6.33. The molecule has 1 saturated carbocycles. The van der Waals surface area contributed by atoms with Crippen LogP contribution in [-0.4, -0.2) is 74.1 Å². The van der Waals surface area contributed by atoms with Crippen LogP contribution in [0, 0.1) is 17.6 Å². The van der Waals surface area contributed by atoms with E-state index < -0.39 is 29.7 Å². The van der Waals surface area contributed by atoms with Gasteiger partial charge in [0.15, 0.2) is 11.5 Å². The Morgan fingerprint density at radius 3 is 2.73 bits per heavy atom. The van der Waals surface area contributed by atoms with E-state index in [1.165, 1.54) is 15.6 Å². The van der Waals surface area contributed by atoms with Crippen LogP contribution in [0.1, 0.15) is 34.1 Å². The summed E-state index contributed by atoms with van der Waals surface area (Å²) in [5.41, 5.74) is 1.85. The van der Waals surface area contributed by atoms with E-state index in [2.05, 4.69) is 5.10 Å². The third-order valence-electron chi connectivity index (χ3n) is 6.33. The van der Waals surface area contributed by atoms with Gasteiger partial charge in [-0.15, -0.1) is 0 Å². The molecule has 1 aliphatic heterocycles. The second-order valence-corrected chi connectivity index (χ2v) is 8.09. The molecule has 1 unspecified atom stereocenters. The summed E-state index contributed by atoms with van der Waals surface area (Å²) >= 11 is 0. The first-order valence-corrected chi connectivity index (χ1v) is 9.86. The molecule has 10 heteroatoms. The normalized spacial score (nSPS) is 24.6. The minimum absolute atomic E-state index is 0.0122. The maximum Gasteiger partial charge on any atom is 0.407 e. The molecule has 8 nitrogen and oxygen atoms in total. The highest BCUT2D eigenvalue weighted by Crippen LogP contribution is 2.57. The number of piperazine rings is 1. The van der Waals surface area contributed by atoms with Gasteiger partial charge in [-0.25, -0.2) is 18.3 Å². The van der Waals surface area contributed by atoms with Crippen LogP contribution in [-0.2, 0) is 6.42 Å². The number of hydrogen-bond donors (Lipinski definition) is 2. The Kier molecular flexibility index (Phi) is 4.28. The predicted molar refractivity (Wildman–Crippen MR) is 99.5 cm³/mol. The van der Waals surface area contributed by atoms with Crippen LogP contribution < -0.4 is 0 Å². The number of aliphatic hydroxyl groups excluding tert-OH is 1. The molecular formula is C20H20F2N4O4. The number of aliphatic hydroxyl groups is 1. The van der Waals surface area contributed by atoms with Crippen LogP contribution in [0.2, 0.25) is 0 Å². The molecule has 2 aromatic rings. The molecule has 2 fully saturated rings. The average Bonchev–Trinajstić information content (AvgIpc) is 3.23. The van der Waals surface area contributed by atoms with E-state index in [0.29, 0.717) is 12.3 Å². The Bertz CT molecular complexity index is 1060. The lowest BCUT2D eigenvalue weighted by Gasteiger charge is -2.39. The number of rotatable bonds is 3. The maximum atomic E-state index is 14.5. The molecule has 1 aromatic heterocycles. The highest BCUT2D eigenvalue weighted by molar-refractivity contribution is 5.95. The Morgan fingerprint density at radius 2 is 2.03 bits per heavy atom. The van der Waals surface area contributed by atoms with Gasteiger partial charge in [0.25, 0.3) is 5.91 Å². The van der Waals surface area contributed by atoms with Crippen molar-refractivity contribution < 1.29 is 28.6 Å². The van der Waals surface area contributed by atoms with Crippen molar-refractivity contribution in [3.8, 4) is 5.69 Å². The van der Waals surface area contributed by atoms with Gasteiger partial charge in [-0.05, 0) is 30.9 Å². The number of fused-ring (bicyclic) bond motifs is 3. The molecule has 30 heavy (non-hydrogen) atoms. The minimum Gasteiger partial charge on any atom is -0.465 e. The molecule has 2 heterocycles. The number of amides is 2. The Morgan fingerprint density at radius 1 is 1.23 bits per heavy atom. The molecule has 1 saturated heterocycles. The van der Waals surface area contributed by atoms with Crippen molar-refractivity contribution in [2.24, 2.45) is 5.92 Å². The molecule has 3 aliphatic rings. The molecule has 158 valence electrons. The van der Waals surface area contributed by atoms with Gasteiger partial charge in [-0.1, -0.05) is 0 Å². The van der Waals surface area contributed by atoms with Crippen LogP contribution in [0.4, 0.5) is 13.6 Å². The number of benzene rings is 1. The van der Waals surface area contributed by atoms with Gasteiger partial charge in [-0.3, -0.25) is 4.79 Å². The van der Waals surface area contributed by atoms with E-state index in [-0.39, 0.29) is 43.5 Å². The quantitative estimate of drug-likeness (QED) is 0.789. The number of aromatic nitrogens is 2. The minimum atomic E-state index is -1.10. The Balaban J connectivity index is 1.52. The van der Waals surface area contributed by atoms with Crippen LogP contribution in [0.15, 0.2) is 18.2 Å². The fraction of sp³-hybridized carbons (Fsp3) is 0.450. The van der Waals surface area contributed by atoms with Crippen LogP contribution >= 0.6 is 0 Å². The summed E-state index contributed by atoms with van der Waals surface area (Å²) < 4.78 is 29.2. The van der Waals surface area contributed by atoms with Gasteiger partial charge < -0.3 is 20.0 Å². The topological polar surface area (TPSA) is 98.9 Å². The highest BCUT2D eigenvalue weighted by Gasteiger charge is 2.51. The first kappa shape index (κ1) is 19.0. The lowest BCUT2D eigenvalue weighted by molar-refractivity contribution is 0.0304. The van der Waals surface area contributed by atoms with Gasteiger partial charge in [0, 0.05) is 37.2 Å². The molecule has 5 rings (SSSR count). The molecule has 2 aliphatic carbocycles. The van der Waals surface area contributed by atoms with E-state index in [4.69, 9.17) is 0 Å². The number of carboxylic acid groups (broad SMARTS) is 1. The summed E-state index contributed by atoms with van der Waals surface area (Å²) in [5, 5.41) is 23.3. The molecule has 2 amide bonds. The standard InChI is InChI=1S/C20H20F2N4O4/c21-11-1-2-16(15(22)7-11)26-18-13-5-10(13)6-14(18)17(23-26)19(28)25-4-3-24(20(29)30)8-12(25)9-27/h1-2,7,10,12-13,27H,3-6,8-9H2,(H,29,30)/t10-,12?,13-/m1/s1. The first-order valence-electron chi connectivity index (χ1n) is 9.86. The zero-order chi connectivity index (χ0) is 21.2. The van der Waals surface area contributed by atoms with Crippen molar-refractivity contribution in [2.75, 3.05) is 26.2 Å². The van der Waals surface area contributed by atoms with Crippen molar-refractivity contribution in [3.63, 3.8) is 0 Å². The zero-order valence-electron chi connectivity index (χ0n) is 16.0. The zero-order valence-corrected chi connectivity index (χ0v) is 16.0. The van der Waals surface area contributed by atoms with E-state index in [0.717, 1.165) is 34.7 Å². The van der Waals surface area contributed by atoms with Crippen molar-refractivity contribution in [3.05, 3.63) is 46.8 Å². The third kappa shape index (κ3) is 2.85. The van der Waals surface area contributed by atoms with Gasteiger partial charge in [-0.2, -0.15) is 5.10 Å². The fourth-order valence-electron chi connectivity index (χ4n) is 4.71. The smallest absolute Gasteiger partial charge is 0.407 e. The maximum absolute atomic E-state index is 14.5. The van der Waals surface area contributed by atoms with Crippen molar-refractivity contribution >= 4 is 12.0 Å². The van der Waals surface area contributed by atoms with E-state index >= 15 is 0 Å². The van der Waals surface area contributed by atoms with E-state index in [1.807, 2.05) is 0 Å². The Labute approximate surface area is 170 Å². The highest BCUT2D eigenvalue weighted by atomic mass is 19.1. The fourth-order valence-corrected chi connectivity index (χ4v) is 4.71. The Hall–Kier alpha value is -3.01. The van der Waals surface area contributed by atoms with Gasteiger partial charge in [0.2, 0.25) is 0 Å². The molecule has 0 spiro atoms. The lowest BCUT2D eigenvalue weighted by atomic mass is 10.1. The van der Waals surface area contributed by atoms with Crippen molar-refractivity contribution in [1.29, 1.82) is 0 Å². The van der Waals surface area contributed by atoms with Gasteiger partial charge >= 0.3 is 6.09 Å². The predicted octanol–water partition coefficient (Wildman–Crippen LogP) is 1.61. The lowest BCUT2D eigenvalue weighted by Crippen LogP contribution is -2.57. The molecule has 0 bridgehead atoms. The second kappa shape index (κ2) is 6.76. The van der Waals surface area contributed by atoms with Gasteiger partial charge in [0.05, 0.1) is 18.3 Å². The summed E-state index contributed by atoms with van der Waals surface area (Å²) in [7, 11) is 0. The van der Waals surface area contributed by atoms with Crippen molar-refractivity contribution in [1.82, 2.24) is 19.6 Å². The van der Waals surface area contributed by atoms with Crippen LogP contribution in [0.3, 0.4) is 0 Å².